The molecule has 1 aliphatic rings. The molecule has 1 atom stereocenters. The Morgan fingerprint density at radius 3 is 2.64 bits per heavy atom. The van der Waals surface area contributed by atoms with Gasteiger partial charge < -0.3 is 14.2 Å². The molecule has 2 aromatic carbocycles. The largest absolute Gasteiger partial charge is 0.456 e. The number of ether oxygens (including phenoxy) is 3. The van der Waals surface area contributed by atoms with E-state index in [0.29, 0.717) is 11.5 Å². The molecule has 0 spiro atoms. The summed E-state index contributed by atoms with van der Waals surface area (Å²) in [7, 11) is -4.27. The van der Waals surface area contributed by atoms with Crippen molar-refractivity contribution in [3.8, 4) is 11.5 Å². The summed E-state index contributed by atoms with van der Waals surface area (Å²) < 4.78 is 55.2. The van der Waals surface area contributed by atoms with Crippen LogP contribution in [0, 0.1) is 5.82 Å². The molecule has 3 rings (SSSR count). The van der Waals surface area contributed by atoms with Crippen molar-refractivity contribution in [2.45, 2.75) is 17.9 Å². The third-order valence-electron chi connectivity index (χ3n) is 3.85. The zero-order valence-electron chi connectivity index (χ0n) is 14.7. The van der Waals surface area contributed by atoms with Crippen molar-refractivity contribution in [2.75, 3.05) is 13.4 Å². The number of esters is 1. The molecule has 148 valence electrons. The Kier molecular flexibility index (Phi) is 5.61. The van der Waals surface area contributed by atoms with Gasteiger partial charge >= 0.3 is 5.97 Å². The van der Waals surface area contributed by atoms with Gasteiger partial charge in [-0.2, -0.15) is 4.72 Å². The summed E-state index contributed by atoms with van der Waals surface area (Å²) in [5.74, 6) is -1.52. The van der Waals surface area contributed by atoms with E-state index in [1.807, 2.05) is 4.72 Å². The molecule has 2 aromatic rings. The highest BCUT2D eigenvalue weighted by atomic mass is 32.2. The van der Waals surface area contributed by atoms with Crippen molar-refractivity contribution in [3.63, 3.8) is 0 Å². The fourth-order valence-corrected chi connectivity index (χ4v) is 3.69. The van der Waals surface area contributed by atoms with Gasteiger partial charge in [0.15, 0.2) is 23.9 Å². The van der Waals surface area contributed by atoms with Gasteiger partial charge in [-0.1, -0.05) is 12.1 Å². The van der Waals surface area contributed by atoms with E-state index in [0.717, 1.165) is 12.1 Å². The Bertz CT molecular complexity index is 1020. The minimum absolute atomic E-state index is 0.0572. The summed E-state index contributed by atoms with van der Waals surface area (Å²) in [6.45, 7) is 0.692. The summed E-state index contributed by atoms with van der Waals surface area (Å²) in [5, 5.41) is 0. The van der Waals surface area contributed by atoms with E-state index in [2.05, 4.69) is 0 Å². The van der Waals surface area contributed by atoms with Crippen LogP contribution in [0.15, 0.2) is 47.4 Å². The third-order valence-corrected chi connectivity index (χ3v) is 5.43. The number of carbonyl (C=O) groups is 2. The van der Waals surface area contributed by atoms with Crippen LogP contribution < -0.4 is 14.2 Å². The zero-order chi connectivity index (χ0) is 20.3. The first-order chi connectivity index (χ1) is 13.3. The average Bonchev–Trinajstić information content (AvgIpc) is 3.13. The number of Topliss-reactive ketones (excluding diaryl/α,β-unsaturated/α-hetero) is 1. The molecule has 0 saturated carbocycles. The Morgan fingerprint density at radius 1 is 1.18 bits per heavy atom. The lowest BCUT2D eigenvalue weighted by Crippen LogP contribution is -2.40. The predicted octanol–water partition coefficient (Wildman–Crippen LogP) is 1.65. The quantitative estimate of drug-likeness (QED) is 0.547. The summed E-state index contributed by atoms with van der Waals surface area (Å²) in [6, 6.07) is 7.94. The van der Waals surface area contributed by atoms with E-state index in [4.69, 9.17) is 14.2 Å². The van der Waals surface area contributed by atoms with Gasteiger partial charge in [-0.3, -0.25) is 9.59 Å². The lowest BCUT2D eigenvalue weighted by Gasteiger charge is -2.14. The standard InChI is InChI=1S/C18H16FNO7S/c1-11(20-28(23,24)17-5-3-2-4-13(17)19)18(22)25-9-14(21)12-6-7-15-16(8-12)27-10-26-15/h2-8,11,20H,9-10H2,1H3/t11-/m0/s1. The number of rotatable bonds is 7. The zero-order valence-corrected chi connectivity index (χ0v) is 15.5. The predicted molar refractivity (Wildman–Crippen MR) is 94.0 cm³/mol. The Labute approximate surface area is 160 Å². The number of ketones is 1. The van der Waals surface area contributed by atoms with Gasteiger partial charge in [0.25, 0.3) is 0 Å². The summed E-state index contributed by atoms with van der Waals surface area (Å²) >= 11 is 0. The molecule has 0 bridgehead atoms. The maximum absolute atomic E-state index is 13.7. The fourth-order valence-electron chi connectivity index (χ4n) is 2.42. The Balaban J connectivity index is 1.58. The number of nitrogens with one attached hydrogen (secondary N) is 1. The van der Waals surface area contributed by atoms with Crippen molar-refractivity contribution >= 4 is 21.8 Å². The number of benzene rings is 2. The topological polar surface area (TPSA) is 108 Å². The van der Waals surface area contributed by atoms with Gasteiger partial charge in [-0.15, -0.1) is 0 Å². The second-order valence-electron chi connectivity index (χ2n) is 5.87. The lowest BCUT2D eigenvalue weighted by molar-refractivity contribution is -0.144. The SMILES string of the molecule is C[C@H](NS(=O)(=O)c1ccccc1F)C(=O)OCC(=O)c1ccc2c(c1)OCO2. The monoisotopic (exact) mass is 409 g/mol. The molecule has 8 nitrogen and oxygen atoms in total. The van der Waals surface area contributed by atoms with Crippen LogP contribution in [0.2, 0.25) is 0 Å². The summed E-state index contributed by atoms with van der Waals surface area (Å²) in [6.07, 6.45) is 0. The van der Waals surface area contributed by atoms with E-state index in [9.17, 15) is 22.4 Å². The molecule has 0 unspecified atom stereocenters. The second kappa shape index (κ2) is 7.95. The van der Waals surface area contributed by atoms with Crippen molar-refractivity contribution < 1.29 is 36.6 Å². The van der Waals surface area contributed by atoms with E-state index in [1.54, 1.807) is 6.07 Å². The Hall–Kier alpha value is -2.98. The minimum Gasteiger partial charge on any atom is -0.456 e. The van der Waals surface area contributed by atoms with Crippen molar-refractivity contribution in [2.24, 2.45) is 0 Å². The van der Waals surface area contributed by atoms with Crippen LogP contribution in [-0.2, 0) is 19.6 Å². The third kappa shape index (κ3) is 4.29. The number of fused-ring (bicyclic) bond motifs is 1. The van der Waals surface area contributed by atoms with Crippen LogP contribution in [-0.4, -0.2) is 39.6 Å². The van der Waals surface area contributed by atoms with Gasteiger partial charge in [-0.05, 0) is 37.3 Å². The van der Waals surface area contributed by atoms with Crippen molar-refractivity contribution in [1.82, 2.24) is 4.72 Å². The first kappa shape index (κ1) is 19.8. The average molecular weight is 409 g/mol. The molecule has 1 heterocycles. The van der Waals surface area contributed by atoms with Crippen molar-refractivity contribution in [1.29, 1.82) is 0 Å². The van der Waals surface area contributed by atoms with Crippen LogP contribution in [0.4, 0.5) is 4.39 Å². The second-order valence-corrected chi connectivity index (χ2v) is 7.55. The van der Waals surface area contributed by atoms with E-state index in [-0.39, 0.29) is 12.4 Å². The molecular weight excluding hydrogens is 393 g/mol. The number of hydrogen-bond donors (Lipinski definition) is 1. The van der Waals surface area contributed by atoms with Gasteiger partial charge in [0.05, 0.1) is 0 Å². The smallest absolute Gasteiger partial charge is 0.324 e. The van der Waals surface area contributed by atoms with Gasteiger partial charge in [0.1, 0.15) is 16.8 Å². The van der Waals surface area contributed by atoms with Gasteiger partial charge in [0, 0.05) is 5.56 Å². The number of sulfonamides is 1. The summed E-state index contributed by atoms with van der Waals surface area (Å²) in [5.41, 5.74) is 0.247. The molecule has 1 aliphatic heterocycles. The highest BCUT2D eigenvalue weighted by molar-refractivity contribution is 7.89. The van der Waals surface area contributed by atoms with Crippen LogP contribution in [0.1, 0.15) is 17.3 Å². The van der Waals surface area contributed by atoms with Crippen LogP contribution in [0.25, 0.3) is 0 Å². The maximum atomic E-state index is 13.7. The van der Waals surface area contributed by atoms with E-state index in [1.165, 1.54) is 31.2 Å². The molecule has 0 aromatic heterocycles. The molecule has 1 N–H and O–H groups in total. The van der Waals surface area contributed by atoms with Crippen molar-refractivity contribution in [3.05, 3.63) is 53.8 Å². The Morgan fingerprint density at radius 2 is 1.89 bits per heavy atom. The number of carbonyl (C=O) groups excluding carboxylic acids is 2. The first-order valence-electron chi connectivity index (χ1n) is 8.14. The molecule has 0 fully saturated rings. The molecule has 0 amide bonds. The van der Waals surface area contributed by atoms with Crippen LogP contribution in [0.5, 0.6) is 11.5 Å². The van der Waals surface area contributed by atoms with E-state index < -0.39 is 45.1 Å². The van der Waals surface area contributed by atoms with Crippen LogP contribution >= 0.6 is 0 Å². The molecule has 28 heavy (non-hydrogen) atoms. The maximum Gasteiger partial charge on any atom is 0.324 e. The minimum atomic E-state index is -4.27. The fraction of sp³-hybridized carbons (Fsp3) is 0.222. The number of halogens is 1. The molecule has 0 radical (unpaired) electrons. The lowest BCUT2D eigenvalue weighted by atomic mass is 10.1. The molecule has 0 aliphatic carbocycles. The molecule has 0 saturated heterocycles. The van der Waals surface area contributed by atoms with Gasteiger partial charge in [-0.25, -0.2) is 12.8 Å². The first-order valence-corrected chi connectivity index (χ1v) is 9.62. The number of hydrogen-bond acceptors (Lipinski definition) is 7. The van der Waals surface area contributed by atoms with E-state index >= 15 is 0 Å². The highest BCUT2D eigenvalue weighted by Gasteiger charge is 2.26. The van der Waals surface area contributed by atoms with Gasteiger partial charge in [0.2, 0.25) is 16.8 Å². The molecule has 10 heteroatoms. The van der Waals surface area contributed by atoms with Crippen LogP contribution in [0.3, 0.4) is 0 Å². The molecular formula is C18H16FNO7S. The normalized spacial score (nSPS) is 13.8. The summed E-state index contributed by atoms with van der Waals surface area (Å²) in [4.78, 5) is 23.6. The highest BCUT2D eigenvalue weighted by Crippen LogP contribution is 2.32.